The Morgan fingerprint density at radius 2 is 2.12 bits per heavy atom. The van der Waals surface area contributed by atoms with Crippen LogP contribution >= 0.6 is 0 Å². The summed E-state index contributed by atoms with van der Waals surface area (Å²) in [4.78, 5) is 18.9. The van der Waals surface area contributed by atoms with E-state index in [0.717, 1.165) is 16.1 Å². The van der Waals surface area contributed by atoms with E-state index < -0.39 is 4.92 Å². The second kappa shape index (κ2) is 8.87. The molecule has 7 heteroatoms. The Balaban J connectivity index is 2.52. The fourth-order valence-corrected chi connectivity index (χ4v) is 2.32. The Bertz CT molecular complexity index is 907. The van der Waals surface area contributed by atoms with Crippen molar-refractivity contribution in [2.75, 3.05) is 14.2 Å². The minimum absolute atomic E-state index is 0.0361. The smallest absolute Gasteiger partial charge is 0.287 e. The van der Waals surface area contributed by atoms with Crippen LogP contribution < -0.4 is 10.6 Å². The molecular weight excluding hydrogens is 334 g/mol. The Morgan fingerprint density at radius 1 is 1.35 bits per heavy atom. The van der Waals surface area contributed by atoms with Crippen molar-refractivity contribution in [3.8, 4) is 0 Å². The van der Waals surface area contributed by atoms with Crippen molar-refractivity contribution >= 4 is 17.8 Å². The van der Waals surface area contributed by atoms with Crippen LogP contribution in [0.3, 0.4) is 0 Å². The fraction of sp³-hybridized carbons (Fsp3) is 0.263. The molecule has 2 rings (SSSR count). The fourth-order valence-electron chi connectivity index (χ4n) is 2.32. The zero-order valence-corrected chi connectivity index (χ0v) is 15.0. The van der Waals surface area contributed by atoms with Gasteiger partial charge in [0.1, 0.15) is 12.0 Å². The van der Waals surface area contributed by atoms with Crippen molar-refractivity contribution in [1.82, 2.24) is 9.97 Å². The molecule has 0 amide bonds. The first kappa shape index (κ1) is 19.3. The summed E-state index contributed by atoms with van der Waals surface area (Å²) < 4.78 is 10.5. The van der Waals surface area contributed by atoms with Crippen LogP contribution in [-0.4, -0.2) is 35.2 Å². The van der Waals surface area contributed by atoms with E-state index in [0.29, 0.717) is 17.9 Å². The molecule has 0 bridgehead atoms. The largest absolute Gasteiger partial charge is 0.497 e. The minimum Gasteiger partial charge on any atom is -0.497 e. The van der Waals surface area contributed by atoms with Gasteiger partial charge in [-0.1, -0.05) is 6.58 Å². The number of allylic oxidation sites excluding steroid dienone is 1. The molecule has 1 atom stereocenters. The van der Waals surface area contributed by atoms with Crippen LogP contribution in [0.1, 0.15) is 18.2 Å². The number of nitro groups is 1. The number of nitrogens with zero attached hydrogens (tertiary/aromatic N) is 3. The Labute approximate surface area is 151 Å². The second-order valence-electron chi connectivity index (χ2n) is 5.63. The molecule has 0 saturated carbocycles. The zero-order valence-electron chi connectivity index (χ0n) is 15.0. The first-order valence-corrected chi connectivity index (χ1v) is 7.97. The van der Waals surface area contributed by atoms with Gasteiger partial charge in [-0.15, -0.1) is 0 Å². The molecule has 0 aliphatic heterocycles. The Morgan fingerprint density at radius 3 is 2.69 bits per heavy atom. The van der Waals surface area contributed by atoms with Crippen molar-refractivity contribution in [3.63, 3.8) is 0 Å². The molecule has 0 radical (unpaired) electrons. The van der Waals surface area contributed by atoms with Crippen molar-refractivity contribution in [2.24, 2.45) is 0 Å². The van der Waals surface area contributed by atoms with Crippen LogP contribution in [0.4, 0.5) is 5.69 Å². The maximum Gasteiger partial charge on any atom is 0.287 e. The lowest BCUT2D eigenvalue weighted by Crippen LogP contribution is -2.33. The second-order valence-corrected chi connectivity index (χ2v) is 5.63. The van der Waals surface area contributed by atoms with Crippen LogP contribution in [0.5, 0.6) is 0 Å². The first-order valence-electron chi connectivity index (χ1n) is 7.97. The summed E-state index contributed by atoms with van der Waals surface area (Å²) in [6.45, 7) is 5.76. The monoisotopic (exact) mass is 355 g/mol. The lowest BCUT2D eigenvalue weighted by molar-refractivity contribution is -0.385. The summed E-state index contributed by atoms with van der Waals surface area (Å²) in [5.41, 5.74) is 1.63. The van der Waals surface area contributed by atoms with E-state index >= 15 is 0 Å². The molecule has 2 aromatic heterocycles. The first-order chi connectivity index (χ1) is 12.4. The standard InChI is InChI=1S/C19H21N3O4/c1-13(25-3)9-18-15(7-8-20-19(18)10-14(2)26-4)11-16-5-6-17(12-21-16)22(23)24/h5-10,12,14H,1,11H2,2-4H3/b18-9-,19-10+. The predicted molar refractivity (Wildman–Crippen MR) is 98.7 cm³/mol. The van der Waals surface area contributed by atoms with Gasteiger partial charge in [0.25, 0.3) is 5.69 Å². The topological polar surface area (TPSA) is 87.4 Å². The normalized spacial score (nSPS) is 13.5. The van der Waals surface area contributed by atoms with E-state index in [1.54, 1.807) is 26.5 Å². The third-order valence-electron chi connectivity index (χ3n) is 3.83. The lowest BCUT2D eigenvalue weighted by Gasteiger charge is -2.06. The number of hydrogen-bond acceptors (Lipinski definition) is 6. The summed E-state index contributed by atoms with van der Waals surface area (Å²) in [6, 6.07) is 4.97. The van der Waals surface area contributed by atoms with Gasteiger partial charge >= 0.3 is 0 Å². The van der Waals surface area contributed by atoms with Gasteiger partial charge in [-0.25, -0.2) is 0 Å². The highest BCUT2D eigenvalue weighted by Gasteiger charge is 2.07. The maximum atomic E-state index is 10.8. The van der Waals surface area contributed by atoms with Crippen LogP contribution in [0.15, 0.2) is 42.9 Å². The van der Waals surface area contributed by atoms with Gasteiger partial charge in [-0.05, 0) is 36.8 Å². The summed E-state index contributed by atoms with van der Waals surface area (Å²) in [7, 11) is 3.18. The van der Waals surface area contributed by atoms with Gasteiger partial charge in [0.05, 0.1) is 23.5 Å². The number of pyridine rings is 2. The molecule has 0 aliphatic rings. The van der Waals surface area contributed by atoms with Gasteiger partial charge in [-0.2, -0.15) is 0 Å². The molecule has 0 N–H and O–H groups in total. The van der Waals surface area contributed by atoms with Gasteiger partial charge in [0, 0.05) is 36.7 Å². The van der Waals surface area contributed by atoms with Gasteiger partial charge in [0.2, 0.25) is 0 Å². The third kappa shape index (κ3) is 4.97. The van der Waals surface area contributed by atoms with Gasteiger partial charge in [0.15, 0.2) is 0 Å². The average Bonchev–Trinajstić information content (AvgIpc) is 2.64. The molecular formula is C19H21N3O4. The lowest BCUT2D eigenvalue weighted by atomic mass is 10.1. The van der Waals surface area contributed by atoms with Crippen LogP contribution in [-0.2, 0) is 15.9 Å². The van der Waals surface area contributed by atoms with Crippen molar-refractivity contribution in [3.05, 3.63) is 74.9 Å². The summed E-state index contributed by atoms with van der Waals surface area (Å²) >= 11 is 0. The Hall–Kier alpha value is -3.06. The molecule has 1 unspecified atom stereocenters. The quantitative estimate of drug-likeness (QED) is 0.427. The van der Waals surface area contributed by atoms with Gasteiger partial charge in [-0.3, -0.25) is 20.1 Å². The van der Waals surface area contributed by atoms with Crippen LogP contribution in [0, 0.1) is 10.1 Å². The number of aromatic nitrogens is 2. The zero-order chi connectivity index (χ0) is 19.1. The molecule has 0 aromatic carbocycles. The highest BCUT2D eigenvalue weighted by atomic mass is 16.6. The number of rotatable bonds is 7. The summed E-state index contributed by atoms with van der Waals surface area (Å²) in [6.07, 6.45) is 7.06. The van der Waals surface area contributed by atoms with E-state index in [1.807, 2.05) is 25.1 Å². The summed E-state index contributed by atoms with van der Waals surface area (Å²) in [5, 5.41) is 12.4. The molecule has 0 saturated heterocycles. The molecule has 7 nitrogen and oxygen atoms in total. The average molecular weight is 355 g/mol. The molecule has 2 heterocycles. The number of methoxy groups -OCH3 is 2. The number of hydrogen-bond donors (Lipinski definition) is 0. The van der Waals surface area contributed by atoms with Crippen molar-refractivity contribution in [1.29, 1.82) is 0 Å². The van der Waals surface area contributed by atoms with E-state index in [2.05, 4.69) is 16.5 Å². The third-order valence-corrected chi connectivity index (χ3v) is 3.83. The van der Waals surface area contributed by atoms with Crippen molar-refractivity contribution < 1.29 is 14.4 Å². The van der Waals surface area contributed by atoms with E-state index in [-0.39, 0.29) is 11.8 Å². The molecule has 136 valence electrons. The van der Waals surface area contributed by atoms with Crippen molar-refractivity contribution in [2.45, 2.75) is 19.4 Å². The SMILES string of the molecule is C=C(/C=c1/c(Cc2ccc([N+](=O)[O-])cn2)ccn/c1=C/C(C)OC)OC. The molecule has 0 aliphatic carbocycles. The molecule has 0 spiro atoms. The predicted octanol–water partition coefficient (Wildman–Crippen LogP) is 1.73. The van der Waals surface area contributed by atoms with E-state index in [4.69, 9.17) is 9.47 Å². The molecule has 0 fully saturated rings. The van der Waals surface area contributed by atoms with E-state index in [9.17, 15) is 10.1 Å². The Kier molecular flexibility index (Phi) is 6.57. The molecule has 2 aromatic rings. The highest BCUT2D eigenvalue weighted by Crippen LogP contribution is 2.10. The maximum absolute atomic E-state index is 10.8. The highest BCUT2D eigenvalue weighted by molar-refractivity contribution is 5.45. The van der Waals surface area contributed by atoms with Crippen LogP contribution in [0.25, 0.3) is 12.2 Å². The minimum atomic E-state index is -0.468. The summed E-state index contributed by atoms with van der Waals surface area (Å²) in [5.74, 6) is 0.496. The van der Waals surface area contributed by atoms with E-state index in [1.165, 1.54) is 12.3 Å². The number of ether oxygens (including phenoxy) is 2. The van der Waals surface area contributed by atoms with Gasteiger partial charge < -0.3 is 9.47 Å². The molecule has 26 heavy (non-hydrogen) atoms. The van der Waals surface area contributed by atoms with Crippen LogP contribution in [0.2, 0.25) is 0 Å².